The molecule has 1 heterocycles. The lowest BCUT2D eigenvalue weighted by atomic mass is 10.2. The van der Waals surface area contributed by atoms with E-state index in [1.54, 1.807) is 55.9 Å². The molecular formula is C22H21N3O5. The van der Waals surface area contributed by atoms with Crippen LogP contribution in [0.5, 0.6) is 17.2 Å². The number of anilines is 1. The number of nitrogens with zero attached hydrogens (tertiary/aromatic N) is 1. The largest absolute Gasteiger partial charge is 0.493 e. The van der Waals surface area contributed by atoms with Gasteiger partial charge in [-0.3, -0.25) is 14.6 Å². The molecule has 0 fully saturated rings. The second-order valence-electron chi connectivity index (χ2n) is 6.24. The number of rotatable bonds is 9. The fraction of sp³-hybridized carbons (Fsp3) is 0.136. The van der Waals surface area contributed by atoms with Gasteiger partial charge in [0.1, 0.15) is 12.4 Å². The Morgan fingerprint density at radius 1 is 1.03 bits per heavy atom. The standard InChI is InChI=1S/C22H21N3O5/c1-28-19-8-7-17(11-20(19)30-13-15-4-3-9-24-12-15)25-21(26)14-29-18-6-2-5-16(10-18)22(23)27/h2-12H,13-14H2,1H3,(H2,23,27)(H,25,26). The number of nitrogens with two attached hydrogens (primary N) is 1. The van der Waals surface area contributed by atoms with Gasteiger partial charge in [0.15, 0.2) is 18.1 Å². The Bertz CT molecular complexity index is 1020. The summed E-state index contributed by atoms with van der Waals surface area (Å²) in [6.45, 7) is 0.0705. The van der Waals surface area contributed by atoms with Crippen LogP contribution >= 0.6 is 0 Å². The lowest BCUT2D eigenvalue weighted by Gasteiger charge is -2.13. The summed E-state index contributed by atoms with van der Waals surface area (Å²) >= 11 is 0. The van der Waals surface area contributed by atoms with Crippen molar-refractivity contribution in [3.8, 4) is 17.2 Å². The van der Waals surface area contributed by atoms with Crippen LogP contribution in [0.4, 0.5) is 5.69 Å². The van der Waals surface area contributed by atoms with Crippen molar-refractivity contribution in [2.75, 3.05) is 19.0 Å². The number of methoxy groups -OCH3 is 1. The predicted molar refractivity (Wildman–Crippen MR) is 111 cm³/mol. The summed E-state index contributed by atoms with van der Waals surface area (Å²) in [4.78, 5) is 27.5. The number of pyridine rings is 1. The van der Waals surface area contributed by atoms with Gasteiger partial charge in [0.2, 0.25) is 5.91 Å². The second-order valence-corrected chi connectivity index (χ2v) is 6.24. The van der Waals surface area contributed by atoms with Gasteiger partial charge in [-0.1, -0.05) is 12.1 Å². The minimum absolute atomic E-state index is 0.236. The van der Waals surface area contributed by atoms with Gasteiger partial charge in [-0.05, 0) is 36.4 Å². The molecule has 0 spiro atoms. The number of aromatic nitrogens is 1. The van der Waals surface area contributed by atoms with Gasteiger partial charge < -0.3 is 25.3 Å². The molecular weight excluding hydrogens is 386 g/mol. The Kier molecular flexibility index (Phi) is 6.83. The van der Waals surface area contributed by atoms with Gasteiger partial charge in [0, 0.05) is 35.3 Å². The fourth-order valence-corrected chi connectivity index (χ4v) is 2.60. The van der Waals surface area contributed by atoms with Crippen molar-refractivity contribution in [1.29, 1.82) is 0 Å². The summed E-state index contributed by atoms with van der Waals surface area (Å²) in [6.07, 6.45) is 3.40. The van der Waals surface area contributed by atoms with Crippen molar-refractivity contribution in [3.63, 3.8) is 0 Å². The molecule has 0 aliphatic carbocycles. The first kappa shape index (κ1) is 20.7. The van der Waals surface area contributed by atoms with E-state index in [0.717, 1.165) is 5.56 Å². The van der Waals surface area contributed by atoms with Crippen LogP contribution in [0.2, 0.25) is 0 Å². The molecule has 0 unspecified atom stereocenters. The number of amides is 2. The third-order valence-electron chi connectivity index (χ3n) is 4.05. The lowest BCUT2D eigenvalue weighted by Crippen LogP contribution is -2.20. The van der Waals surface area contributed by atoms with E-state index in [9.17, 15) is 9.59 Å². The minimum atomic E-state index is -0.568. The molecule has 0 aliphatic rings. The molecule has 0 saturated carbocycles. The van der Waals surface area contributed by atoms with E-state index in [1.807, 2.05) is 12.1 Å². The van der Waals surface area contributed by atoms with Crippen molar-refractivity contribution >= 4 is 17.5 Å². The van der Waals surface area contributed by atoms with Crippen LogP contribution < -0.4 is 25.3 Å². The van der Waals surface area contributed by atoms with Crippen molar-refractivity contribution in [1.82, 2.24) is 4.98 Å². The topological polar surface area (TPSA) is 113 Å². The summed E-state index contributed by atoms with van der Waals surface area (Å²) in [5.74, 6) is 0.451. The van der Waals surface area contributed by atoms with E-state index in [1.165, 1.54) is 6.07 Å². The van der Waals surface area contributed by atoms with E-state index in [-0.39, 0.29) is 12.5 Å². The number of nitrogens with one attached hydrogen (secondary N) is 1. The molecule has 1 aromatic heterocycles. The quantitative estimate of drug-likeness (QED) is 0.564. The van der Waals surface area contributed by atoms with Crippen LogP contribution in [0.25, 0.3) is 0 Å². The molecule has 3 rings (SSSR count). The number of primary amides is 1. The Hall–Kier alpha value is -4.07. The number of hydrogen-bond donors (Lipinski definition) is 2. The molecule has 3 N–H and O–H groups in total. The van der Waals surface area contributed by atoms with Crippen molar-refractivity contribution in [2.45, 2.75) is 6.61 Å². The van der Waals surface area contributed by atoms with Crippen LogP contribution in [0.15, 0.2) is 67.0 Å². The lowest BCUT2D eigenvalue weighted by molar-refractivity contribution is -0.118. The van der Waals surface area contributed by atoms with Crippen molar-refractivity contribution in [3.05, 3.63) is 78.1 Å². The van der Waals surface area contributed by atoms with Gasteiger partial charge in [-0.15, -0.1) is 0 Å². The molecule has 0 atom stereocenters. The van der Waals surface area contributed by atoms with Crippen LogP contribution in [0, 0.1) is 0 Å². The molecule has 0 bridgehead atoms. The van der Waals surface area contributed by atoms with E-state index in [2.05, 4.69) is 10.3 Å². The SMILES string of the molecule is COc1ccc(NC(=O)COc2cccc(C(N)=O)c2)cc1OCc1cccnc1. The highest BCUT2D eigenvalue weighted by atomic mass is 16.5. The summed E-state index contributed by atoms with van der Waals surface area (Å²) < 4.78 is 16.6. The highest BCUT2D eigenvalue weighted by Crippen LogP contribution is 2.31. The summed E-state index contributed by atoms with van der Waals surface area (Å²) in [6, 6.07) is 15.1. The third kappa shape index (κ3) is 5.71. The zero-order chi connectivity index (χ0) is 21.3. The first-order chi connectivity index (χ1) is 14.5. The van der Waals surface area contributed by atoms with E-state index >= 15 is 0 Å². The highest BCUT2D eigenvalue weighted by molar-refractivity contribution is 5.93. The van der Waals surface area contributed by atoms with Gasteiger partial charge in [0.05, 0.1) is 7.11 Å². The van der Waals surface area contributed by atoms with E-state index in [0.29, 0.717) is 35.1 Å². The van der Waals surface area contributed by atoms with Crippen LogP contribution in [-0.2, 0) is 11.4 Å². The second kappa shape index (κ2) is 9.92. The van der Waals surface area contributed by atoms with Gasteiger partial charge >= 0.3 is 0 Å². The number of carbonyl (C=O) groups is 2. The van der Waals surface area contributed by atoms with Gasteiger partial charge in [0.25, 0.3) is 5.91 Å². The molecule has 0 saturated heterocycles. The molecule has 2 aromatic carbocycles. The van der Waals surface area contributed by atoms with Crippen LogP contribution in [0.1, 0.15) is 15.9 Å². The monoisotopic (exact) mass is 407 g/mol. The van der Waals surface area contributed by atoms with Gasteiger partial charge in [-0.25, -0.2) is 0 Å². The summed E-state index contributed by atoms with van der Waals surface area (Å²) in [7, 11) is 1.54. The first-order valence-electron chi connectivity index (χ1n) is 9.07. The molecule has 0 radical (unpaired) electrons. The number of benzene rings is 2. The molecule has 2 amide bonds. The van der Waals surface area contributed by atoms with Gasteiger partial charge in [-0.2, -0.15) is 0 Å². The molecule has 30 heavy (non-hydrogen) atoms. The van der Waals surface area contributed by atoms with E-state index in [4.69, 9.17) is 19.9 Å². The average molecular weight is 407 g/mol. The van der Waals surface area contributed by atoms with E-state index < -0.39 is 5.91 Å². The number of carbonyl (C=O) groups excluding carboxylic acids is 2. The zero-order valence-electron chi connectivity index (χ0n) is 16.3. The summed E-state index contributed by atoms with van der Waals surface area (Å²) in [5, 5.41) is 2.74. The maximum atomic E-state index is 12.2. The Morgan fingerprint density at radius 2 is 1.90 bits per heavy atom. The maximum Gasteiger partial charge on any atom is 0.262 e. The third-order valence-corrected chi connectivity index (χ3v) is 4.05. The highest BCUT2D eigenvalue weighted by Gasteiger charge is 2.10. The molecule has 8 heteroatoms. The zero-order valence-corrected chi connectivity index (χ0v) is 16.3. The molecule has 8 nitrogen and oxygen atoms in total. The Balaban J connectivity index is 1.60. The van der Waals surface area contributed by atoms with Crippen molar-refractivity contribution in [2.24, 2.45) is 5.73 Å². The number of hydrogen-bond acceptors (Lipinski definition) is 6. The normalized spacial score (nSPS) is 10.2. The molecule has 3 aromatic rings. The van der Waals surface area contributed by atoms with Crippen molar-refractivity contribution < 1.29 is 23.8 Å². The smallest absolute Gasteiger partial charge is 0.262 e. The van der Waals surface area contributed by atoms with Crippen LogP contribution in [0.3, 0.4) is 0 Å². The Labute approximate surface area is 173 Å². The Morgan fingerprint density at radius 3 is 2.63 bits per heavy atom. The number of ether oxygens (including phenoxy) is 3. The predicted octanol–water partition coefficient (Wildman–Crippen LogP) is 2.79. The fourth-order valence-electron chi connectivity index (χ4n) is 2.60. The summed E-state index contributed by atoms with van der Waals surface area (Å²) in [5.41, 5.74) is 6.97. The average Bonchev–Trinajstić information content (AvgIpc) is 2.77. The molecule has 0 aliphatic heterocycles. The molecule has 154 valence electrons. The minimum Gasteiger partial charge on any atom is -0.493 e. The van der Waals surface area contributed by atoms with Crippen LogP contribution in [-0.4, -0.2) is 30.5 Å². The first-order valence-corrected chi connectivity index (χ1v) is 9.07. The maximum absolute atomic E-state index is 12.2.